The van der Waals surface area contributed by atoms with Gasteiger partial charge < -0.3 is 4.74 Å². The number of hydrogen-bond donors (Lipinski definition) is 0. The average Bonchev–Trinajstić information content (AvgIpc) is 3.46. The van der Waals surface area contributed by atoms with Crippen LogP contribution in [0, 0.1) is 0 Å². The fourth-order valence-corrected chi connectivity index (χ4v) is 4.49. The molecule has 1 aliphatic rings. The number of rotatable bonds is 8. The molecular weight excluding hydrogens is 394 g/mol. The molecule has 1 atom stereocenters. The summed E-state index contributed by atoms with van der Waals surface area (Å²) in [5.41, 5.74) is 4.70. The van der Waals surface area contributed by atoms with Crippen molar-refractivity contribution in [2.24, 2.45) is 0 Å². The van der Waals surface area contributed by atoms with Gasteiger partial charge in [-0.1, -0.05) is 91.0 Å². The standard InChI is InChI=1S/C28H29N3O/c1-4-11-23(12-5-1)19-30-18-10-17-26(30)20-31-21-27(25-15-8-3-9-16-25)28(29-31)32-22-24-13-6-2-7-14-24/h1-9,11-16,21,26H,10,17-20,22H2. The van der Waals surface area contributed by atoms with Gasteiger partial charge in [0.05, 0.1) is 12.1 Å². The van der Waals surface area contributed by atoms with Crippen LogP contribution in [-0.4, -0.2) is 27.3 Å². The summed E-state index contributed by atoms with van der Waals surface area (Å²) < 4.78 is 8.28. The van der Waals surface area contributed by atoms with E-state index in [0.29, 0.717) is 18.5 Å². The molecule has 3 aromatic carbocycles. The van der Waals surface area contributed by atoms with Gasteiger partial charge in [0, 0.05) is 18.8 Å². The molecule has 0 aliphatic carbocycles. The van der Waals surface area contributed by atoms with E-state index in [4.69, 9.17) is 9.84 Å². The van der Waals surface area contributed by atoms with Crippen LogP contribution in [0.1, 0.15) is 24.0 Å². The number of benzene rings is 3. The van der Waals surface area contributed by atoms with Crippen molar-refractivity contribution in [1.29, 1.82) is 0 Å². The van der Waals surface area contributed by atoms with Crippen molar-refractivity contribution >= 4 is 0 Å². The summed E-state index contributed by atoms with van der Waals surface area (Å²) in [4.78, 5) is 2.59. The molecule has 4 heteroatoms. The van der Waals surface area contributed by atoms with Crippen molar-refractivity contribution in [1.82, 2.24) is 14.7 Å². The molecule has 1 aromatic heterocycles. The van der Waals surface area contributed by atoms with Gasteiger partial charge in [-0.15, -0.1) is 5.10 Å². The van der Waals surface area contributed by atoms with Gasteiger partial charge in [-0.25, -0.2) is 0 Å². The number of likely N-dealkylation sites (tertiary alicyclic amines) is 1. The summed E-state index contributed by atoms with van der Waals surface area (Å²) in [7, 11) is 0. The predicted octanol–water partition coefficient (Wildman–Crippen LogP) is 5.79. The Bertz CT molecular complexity index is 1110. The van der Waals surface area contributed by atoms with E-state index in [1.165, 1.54) is 18.4 Å². The fraction of sp³-hybridized carbons (Fsp3) is 0.250. The second kappa shape index (κ2) is 9.84. The maximum atomic E-state index is 6.20. The SMILES string of the molecule is c1ccc(COc2nn(CC3CCCN3Cc3ccccc3)cc2-c2ccccc2)cc1. The van der Waals surface area contributed by atoms with E-state index in [0.717, 1.165) is 36.3 Å². The van der Waals surface area contributed by atoms with Crippen molar-refractivity contribution in [3.05, 3.63) is 108 Å². The van der Waals surface area contributed by atoms with Crippen molar-refractivity contribution in [2.75, 3.05) is 6.54 Å². The monoisotopic (exact) mass is 423 g/mol. The van der Waals surface area contributed by atoms with Crippen LogP contribution in [0.5, 0.6) is 5.88 Å². The van der Waals surface area contributed by atoms with Crippen molar-refractivity contribution in [3.63, 3.8) is 0 Å². The summed E-state index contributed by atoms with van der Waals surface area (Å²) in [6.07, 6.45) is 4.59. The Morgan fingerprint density at radius 1 is 0.812 bits per heavy atom. The zero-order chi connectivity index (χ0) is 21.6. The Kier molecular flexibility index (Phi) is 6.31. The second-order valence-corrected chi connectivity index (χ2v) is 8.46. The maximum absolute atomic E-state index is 6.20. The Morgan fingerprint density at radius 2 is 1.47 bits per heavy atom. The first-order valence-electron chi connectivity index (χ1n) is 11.4. The lowest BCUT2D eigenvalue weighted by Crippen LogP contribution is -2.32. The van der Waals surface area contributed by atoms with Crippen LogP contribution in [-0.2, 0) is 19.7 Å². The minimum atomic E-state index is 0.487. The van der Waals surface area contributed by atoms with E-state index in [9.17, 15) is 0 Å². The largest absolute Gasteiger partial charge is 0.471 e. The maximum Gasteiger partial charge on any atom is 0.241 e. The Hall–Kier alpha value is -3.37. The summed E-state index contributed by atoms with van der Waals surface area (Å²) in [5, 5.41) is 4.87. The van der Waals surface area contributed by atoms with Gasteiger partial charge in [0.25, 0.3) is 0 Å². The minimum absolute atomic E-state index is 0.487. The molecular formula is C28H29N3O. The van der Waals surface area contributed by atoms with Crippen LogP contribution in [0.3, 0.4) is 0 Å². The van der Waals surface area contributed by atoms with Gasteiger partial charge in [0.15, 0.2) is 0 Å². The molecule has 0 bridgehead atoms. The average molecular weight is 424 g/mol. The number of ether oxygens (including phenoxy) is 1. The highest BCUT2D eigenvalue weighted by Gasteiger charge is 2.26. The second-order valence-electron chi connectivity index (χ2n) is 8.46. The molecule has 0 spiro atoms. The van der Waals surface area contributed by atoms with E-state index >= 15 is 0 Å². The third-order valence-electron chi connectivity index (χ3n) is 6.16. The molecule has 0 amide bonds. The van der Waals surface area contributed by atoms with E-state index in [2.05, 4.69) is 82.5 Å². The van der Waals surface area contributed by atoms with Crippen LogP contribution in [0.2, 0.25) is 0 Å². The highest BCUT2D eigenvalue weighted by atomic mass is 16.5. The van der Waals surface area contributed by atoms with Gasteiger partial charge in [-0.3, -0.25) is 9.58 Å². The predicted molar refractivity (Wildman–Crippen MR) is 128 cm³/mol. The number of hydrogen-bond acceptors (Lipinski definition) is 3. The summed E-state index contributed by atoms with van der Waals surface area (Å²) >= 11 is 0. The lowest BCUT2D eigenvalue weighted by Gasteiger charge is -2.24. The molecule has 1 fully saturated rings. The van der Waals surface area contributed by atoms with Crippen molar-refractivity contribution < 1.29 is 4.74 Å². The number of nitrogens with zero attached hydrogens (tertiary/aromatic N) is 3. The van der Waals surface area contributed by atoms with Gasteiger partial charge >= 0.3 is 0 Å². The topological polar surface area (TPSA) is 30.3 Å². The molecule has 2 heterocycles. The molecule has 1 unspecified atom stereocenters. The van der Waals surface area contributed by atoms with Crippen LogP contribution >= 0.6 is 0 Å². The highest BCUT2D eigenvalue weighted by molar-refractivity contribution is 5.67. The first-order valence-corrected chi connectivity index (χ1v) is 11.4. The molecule has 32 heavy (non-hydrogen) atoms. The fourth-order valence-electron chi connectivity index (χ4n) is 4.49. The van der Waals surface area contributed by atoms with E-state index < -0.39 is 0 Å². The summed E-state index contributed by atoms with van der Waals surface area (Å²) in [6.45, 7) is 3.53. The Balaban J connectivity index is 1.34. The van der Waals surface area contributed by atoms with Crippen LogP contribution < -0.4 is 4.74 Å². The number of aromatic nitrogens is 2. The Labute approximate surface area is 190 Å². The first kappa shape index (κ1) is 20.5. The third-order valence-corrected chi connectivity index (χ3v) is 6.16. The smallest absolute Gasteiger partial charge is 0.241 e. The molecule has 0 saturated carbocycles. The third kappa shape index (κ3) is 4.92. The zero-order valence-electron chi connectivity index (χ0n) is 18.3. The molecule has 162 valence electrons. The van der Waals surface area contributed by atoms with Crippen LogP contribution in [0.4, 0.5) is 0 Å². The Morgan fingerprint density at radius 3 is 2.19 bits per heavy atom. The highest BCUT2D eigenvalue weighted by Crippen LogP contribution is 2.30. The molecule has 0 radical (unpaired) electrons. The first-order chi connectivity index (χ1) is 15.8. The zero-order valence-corrected chi connectivity index (χ0v) is 18.3. The van der Waals surface area contributed by atoms with Crippen molar-refractivity contribution in [2.45, 2.75) is 38.6 Å². The lowest BCUT2D eigenvalue weighted by molar-refractivity contribution is 0.216. The van der Waals surface area contributed by atoms with Gasteiger partial charge in [-0.2, -0.15) is 0 Å². The quantitative estimate of drug-likeness (QED) is 0.359. The molecule has 4 aromatic rings. The summed E-state index contributed by atoms with van der Waals surface area (Å²) in [5.74, 6) is 0.702. The summed E-state index contributed by atoms with van der Waals surface area (Å²) in [6, 6.07) is 31.9. The molecule has 4 nitrogen and oxygen atoms in total. The van der Waals surface area contributed by atoms with E-state index in [1.54, 1.807) is 0 Å². The molecule has 0 N–H and O–H groups in total. The van der Waals surface area contributed by atoms with Crippen LogP contribution in [0.25, 0.3) is 11.1 Å². The van der Waals surface area contributed by atoms with Gasteiger partial charge in [-0.05, 0) is 36.1 Å². The molecule has 1 saturated heterocycles. The van der Waals surface area contributed by atoms with Crippen molar-refractivity contribution in [3.8, 4) is 17.0 Å². The minimum Gasteiger partial charge on any atom is -0.471 e. The van der Waals surface area contributed by atoms with Crippen LogP contribution in [0.15, 0.2) is 97.2 Å². The molecule has 1 aliphatic heterocycles. The molecule has 5 rings (SSSR count). The van der Waals surface area contributed by atoms with Gasteiger partial charge in [0.1, 0.15) is 6.61 Å². The van der Waals surface area contributed by atoms with E-state index in [1.807, 2.05) is 24.3 Å². The normalized spacial score (nSPS) is 16.3. The lowest BCUT2D eigenvalue weighted by atomic mass is 10.1. The van der Waals surface area contributed by atoms with E-state index in [-0.39, 0.29) is 0 Å². The van der Waals surface area contributed by atoms with Gasteiger partial charge in [0.2, 0.25) is 5.88 Å².